The fraction of sp³-hybridized carbons (Fsp3) is 0.923. The van der Waals surface area contributed by atoms with Crippen LogP contribution in [0.2, 0.25) is 0 Å². The molecule has 1 aliphatic heterocycles. The van der Waals surface area contributed by atoms with Crippen LogP contribution in [0.5, 0.6) is 0 Å². The molecule has 1 N–H and O–H groups in total. The number of ether oxygens (including phenoxy) is 2. The highest BCUT2D eigenvalue weighted by Gasteiger charge is 2.28. The fourth-order valence-corrected chi connectivity index (χ4v) is 2.25. The molecule has 0 aromatic rings. The third-order valence-corrected chi connectivity index (χ3v) is 3.41. The van der Waals surface area contributed by atoms with Gasteiger partial charge in [0.2, 0.25) is 5.91 Å². The summed E-state index contributed by atoms with van der Waals surface area (Å²) in [7, 11) is 3.31. The van der Waals surface area contributed by atoms with Gasteiger partial charge in [-0.1, -0.05) is 6.92 Å². The summed E-state index contributed by atoms with van der Waals surface area (Å²) >= 11 is 0. The van der Waals surface area contributed by atoms with Gasteiger partial charge in [-0.2, -0.15) is 0 Å². The molecule has 2 atom stereocenters. The van der Waals surface area contributed by atoms with Crippen molar-refractivity contribution >= 4 is 5.91 Å². The number of nitrogens with zero attached hydrogens (tertiary/aromatic N) is 1. The highest BCUT2D eigenvalue weighted by atomic mass is 16.5. The van der Waals surface area contributed by atoms with Crippen LogP contribution < -0.4 is 5.32 Å². The predicted octanol–water partition coefficient (Wildman–Crippen LogP) is 0.496. The summed E-state index contributed by atoms with van der Waals surface area (Å²) in [6, 6.07) is -0.0394. The standard InChI is InChI=1S/C13H26N2O3/c1-11-4-5-14-12(10-11)13(16)15(6-8-17-2)7-9-18-3/h11-12,14H,4-10H2,1-3H3. The van der Waals surface area contributed by atoms with E-state index in [4.69, 9.17) is 9.47 Å². The lowest BCUT2D eigenvalue weighted by Gasteiger charge is -2.32. The van der Waals surface area contributed by atoms with Crippen LogP contribution in [-0.4, -0.2) is 63.9 Å². The zero-order chi connectivity index (χ0) is 13.4. The minimum absolute atomic E-state index is 0.0394. The Hall–Kier alpha value is -0.650. The third-order valence-electron chi connectivity index (χ3n) is 3.41. The van der Waals surface area contributed by atoms with E-state index in [0.29, 0.717) is 32.2 Å². The molecule has 18 heavy (non-hydrogen) atoms. The predicted molar refractivity (Wildman–Crippen MR) is 70.5 cm³/mol. The van der Waals surface area contributed by atoms with Crippen molar-refractivity contribution in [3.8, 4) is 0 Å². The van der Waals surface area contributed by atoms with Gasteiger partial charge in [-0.05, 0) is 25.3 Å². The molecule has 5 heteroatoms. The van der Waals surface area contributed by atoms with Crippen molar-refractivity contribution in [1.29, 1.82) is 0 Å². The molecule has 0 aromatic carbocycles. The number of carbonyl (C=O) groups is 1. The van der Waals surface area contributed by atoms with Crippen LogP contribution in [0.1, 0.15) is 19.8 Å². The summed E-state index contributed by atoms with van der Waals surface area (Å²) < 4.78 is 10.1. The minimum atomic E-state index is -0.0394. The van der Waals surface area contributed by atoms with E-state index in [1.165, 1.54) is 0 Å². The van der Waals surface area contributed by atoms with Crippen LogP contribution in [0.25, 0.3) is 0 Å². The van der Waals surface area contributed by atoms with E-state index in [-0.39, 0.29) is 11.9 Å². The van der Waals surface area contributed by atoms with Gasteiger partial charge in [0, 0.05) is 27.3 Å². The number of hydrogen-bond donors (Lipinski definition) is 1. The largest absolute Gasteiger partial charge is 0.383 e. The summed E-state index contributed by atoms with van der Waals surface area (Å²) in [5.74, 6) is 0.794. The van der Waals surface area contributed by atoms with Gasteiger partial charge in [0.25, 0.3) is 0 Å². The summed E-state index contributed by atoms with van der Waals surface area (Å²) in [6.07, 6.45) is 2.08. The molecule has 0 bridgehead atoms. The quantitative estimate of drug-likeness (QED) is 0.722. The summed E-state index contributed by atoms with van der Waals surface area (Å²) in [5.41, 5.74) is 0. The molecule has 1 heterocycles. The summed E-state index contributed by atoms with van der Waals surface area (Å²) in [6.45, 7) is 5.53. The van der Waals surface area contributed by atoms with Gasteiger partial charge in [-0.25, -0.2) is 0 Å². The van der Waals surface area contributed by atoms with E-state index in [2.05, 4.69) is 12.2 Å². The number of rotatable bonds is 7. The zero-order valence-electron chi connectivity index (χ0n) is 11.8. The van der Waals surface area contributed by atoms with Gasteiger partial charge in [-0.3, -0.25) is 4.79 Å². The molecule has 0 spiro atoms. The molecular formula is C13H26N2O3. The SMILES string of the molecule is COCCN(CCOC)C(=O)C1CC(C)CCN1. The van der Waals surface area contributed by atoms with Crippen molar-refractivity contribution in [3.63, 3.8) is 0 Å². The Morgan fingerprint density at radius 1 is 1.28 bits per heavy atom. The van der Waals surface area contributed by atoms with E-state index >= 15 is 0 Å². The Labute approximate surface area is 110 Å². The number of hydrogen-bond acceptors (Lipinski definition) is 4. The average molecular weight is 258 g/mol. The van der Waals surface area contributed by atoms with Crippen molar-refractivity contribution in [3.05, 3.63) is 0 Å². The molecule has 1 aliphatic rings. The fourth-order valence-electron chi connectivity index (χ4n) is 2.25. The Bertz CT molecular complexity index is 240. The van der Waals surface area contributed by atoms with Crippen molar-refractivity contribution in [2.75, 3.05) is 47.1 Å². The van der Waals surface area contributed by atoms with Gasteiger partial charge in [0.1, 0.15) is 0 Å². The smallest absolute Gasteiger partial charge is 0.239 e. The van der Waals surface area contributed by atoms with Gasteiger partial charge >= 0.3 is 0 Å². The normalized spacial score (nSPS) is 23.9. The summed E-state index contributed by atoms with van der Waals surface area (Å²) in [5, 5.41) is 3.31. The van der Waals surface area contributed by atoms with Crippen molar-refractivity contribution in [1.82, 2.24) is 10.2 Å². The molecule has 106 valence electrons. The molecule has 1 amide bonds. The van der Waals surface area contributed by atoms with Crippen LogP contribution in [0.15, 0.2) is 0 Å². The van der Waals surface area contributed by atoms with Crippen LogP contribution in [0, 0.1) is 5.92 Å². The first kappa shape index (κ1) is 15.4. The molecule has 1 saturated heterocycles. The second-order valence-electron chi connectivity index (χ2n) is 4.95. The average Bonchev–Trinajstić information content (AvgIpc) is 2.38. The Balaban J connectivity index is 2.50. The second-order valence-corrected chi connectivity index (χ2v) is 4.95. The number of nitrogens with one attached hydrogen (secondary N) is 1. The minimum Gasteiger partial charge on any atom is -0.383 e. The maximum atomic E-state index is 12.4. The van der Waals surface area contributed by atoms with E-state index in [1.54, 1.807) is 14.2 Å². The maximum absolute atomic E-state index is 12.4. The summed E-state index contributed by atoms with van der Waals surface area (Å²) in [4.78, 5) is 14.2. The Kier molecular flexibility index (Phi) is 7.23. The van der Waals surface area contributed by atoms with E-state index in [1.807, 2.05) is 4.90 Å². The van der Waals surface area contributed by atoms with Gasteiger partial charge in [-0.15, -0.1) is 0 Å². The van der Waals surface area contributed by atoms with Crippen molar-refractivity contribution < 1.29 is 14.3 Å². The lowest BCUT2D eigenvalue weighted by atomic mass is 9.93. The molecule has 1 rings (SSSR count). The van der Waals surface area contributed by atoms with Crippen LogP contribution >= 0.6 is 0 Å². The van der Waals surface area contributed by atoms with Crippen LogP contribution in [0.4, 0.5) is 0 Å². The van der Waals surface area contributed by atoms with E-state index < -0.39 is 0 Å². The molecule has 2 unspecified atom stereocenters. The Morgan fingerprint density at radius 2 is 1.89 bits per heavy atom. The highest BCUT2D eigenvalue weighted by Crippen LogP contribution is 2.16. The monoisotopic (exact) mass is 258 g/mol. The van der Waals surface area contributed by atoms with E-state index in [9.17, 15) is 4.79 Å². The molecule has 0 aromatic heterocycles. The molecule has 0 radical (unpaired) electrons. The maximum Gasteiger partial charge on any atom is 0.239 e. The molecule has 1 fully saturated rings. The topological polar surface area (TPSA) is 50.8 Å². The number of amides is 1. The lowest BCUT2D eigenvalue weighted by molar-refractivity contribution is -0.135. The number of carbonyl (C=O) groups excluding carboxylic acids is 1. The second kappa shape index (κ2) is 8.45. The zero-order valence-corrected chi connectivity index (χ0v) is 11.8. The number of methoxy groups -OCH3 is 2. The van der Waals surface area contributed by atoms with Gasteiger partial charge in [0.15, 0.2) is 0 Å². The first-order valence-corrected chi connectivity index (χ1v) is 6.69. The first-order chi connectivity index (χ1) is 8.69. The highest BCUT2D eigenvalue weighted by molar-refractivity contribution is 5.82. The molecule has 0 aliphatic carbocycles. The molecular weight excluding hydrogens is 232 g/mol. The molecule has 5 nitrogen and oxygen atoms in total. The van der Waals surface area contributed by atoms with Crippen LogP contribution in [-0.2, 0) is 14.3 Å². The Morgan fingerprint density at radius 3 is 2.39 bits per heavy atom. The third kappa shape index (κ3) is 4.92. The van der Waals surface area contributed by atoms with Crippen molar-refractivity contribution in [2.45, 2.75) is 25.8 Å². The number of piperidine rings is 1. The van der Waals surface area contributed by atoms with Crippen molar-refractivity contribution in [2.24, 2.45) is 5.92 Å². The first-order valence-electron chi connectivity index (χ1n) is 6.69. The van der Waals surface area contributed by atoms with E-state index in [0.717, 1.165) is 19.4 Å². The van der Waals surface area contributed by atoms with Gasteiger partial charge < -0.3 is 19.7 Å². The van der Waals surface area contributed by atoms with Crippen LogP contribution in [0.3, 0.4) is 0 Å². The lowest BCUT2D eigenvalue weighted by Crippen LogP contribution is -2.51. The van der Waals surface area contributed by atoms with Gasteiger partial charge in [0.05, 0.1) is 19.3 Å². The molecule has 0 saturated carbocycles.